The van der Waals surface area contributed by atoms with Crippen molar-refractivity contribution in [2.24, 2.45) is 0 Å². The van der Waals surface area contributed by atoms with E-state index < -0.39 is 0 Å². The van der Waals surface area contributed by atoms with Crippen molar-refractivity contribution in [3.63, 3.8) is 0 Å². The first-order chi connectivity index (χ1) is 22.3. The predicted octanol–water partition coefficient (Wildman–Crippen LogP) is 11.4. The van der Waals surface area contributed by atoms with Crippen LogP contribution in [0, 0.1) is 12.1 Å². The zero-order chi connectivity index (χ0) is 31.7. The van der Waals surface area contributed by atoms with Gasteiger partial charge in [0.05, 0.1) is 0 Å². The third-order valence-electron chi connectivity index (χ3n) is 9.53. The van der Waals surface area contributed by atoms with Crippen molar-refractivity contribution in [1.82, 2.24) is 9.97 Å². The number of hydrogen-bond donors (Lipinski definition) is 0. The number of fused-ring (bicyclic) bond motifs is 3. The van der Waals surface area contributed by atoms with Crippen molar-refractivity contribution in [1.29, 1.82) is 0 Å². The van der Waals surface area contributed by atoms with E-state index in [1.165, 1.54) is 56.6 Å². The van der Waals surface area contributed by atoms with E-state index in [2.05, 4.69) is 124 Å². The molecule has 0 fully saturated rings. The molecule has 1 aliphatic carbocycles. The first kappa shape index (κ1) is 32.5. The summed E-state index contributed by atoms with van der Waals surface area (Å²) in [5.74, 6) is 0. The normalized spacial score (nSPS) is 14.4. The standard InChI is InChI=1S/C29H28N.C15H10N.Ir/c1-28(2)15-16-29(3,4)26-19-24-23(18-25(26)28)14-17-30-27(24)22-12-10-21(11-13-22)20-8-6-5-7-9-20;1-2-6-12(7-3-1)15-10-13-8-4-5-9-14(13)11-16-15;/h5-12,14,17-19H,15-16H2,1-4H3;1-6,8-11H;/q2*-1;. The molecule has 0 spiro atoms. The van der Waals surface area contributed by atoms with Crippen molar-refractivity contribution < 1.29 is 20.1 Å². The molecule has 0 amide bonds. The van der Waals surface area contributed by atoms with Crippen molar-refractivity contribution in [3.8, 4) is 33.6 Å². The smallest absolute Gasteiger partial charge is 0.0239 e. The molecule has 0 saturated carbocycles. The van der Waals surface area contributed by atoms with Gasteiger partial charge in [0, 0.05) is 32.5 Å². The van der Waals surface area contributed by atoms with Crippen molar-refractivity contribution in [2.45, 2.75) is 51.4 Å². The molecule has 3 heteroatoms. The number of benzene rings is 5. The van der Waals surface area contributed by atoms with Crippen LogP contribution in [-0.2, 0) is 30.9 Å². The zero-order valence-electron chi connectivity index (χ0n) is 27.3. The van der Waals surface area contributed by atoms with Gasteiger partial charge in [-0.25, -0.2) is 0 Å². The molecule has 235 valence electrons. The summed E-state index contributed by atoms with van der Waals surface area (Å²) in [5, 5.41) is 4.88. The maximum Gasteiger partial charge on any atom is 0.0239 e. The van der Waals surface area contributed by atoms with E-state index in [0.717, 1.165) is 22.5 Å². The fraction of sp³-hybridized carbons (Fsp3) is 0.182. The summed E-state index contributed by atoms with van der Waals surface area (Å²) in [7, 11) is 0. The van der Waals surface area contributed by atoms with E-state index in [9.17, 15) is 0 Å². The zero-order valence-corrected chi connectivity index (χ0v) is 29.7. The molecule has 0 aliphatic heterocycles. The molecule has 5 aromatic carbocycles. The Kier molecular flexibility index (Phi) is 9.24. The molecular weight excluding hydrogens is 749 g/mol. The van der Waals surface area contributed by atoms with Gasteiger partial charge in [-0.15, -0.1) is 65.7 Å². The second kappa shape index (κ2) is 13.4. The summed E-state index contributed by atoms with van der Waals surface area (Å²) in [6.07, 6.45) is 6.28. The van der Waals surface area contributed by atoms with Gasteiger partial charge in [-0.2, -0.15) is 0 Å². The van der Waals surface area contributed by atoms with Gasteiger partial charge in [0.2, 0.25) is 0 Å². The van der Waals surface area contributed by atoms with Gasteiger partial charge in [0.1, 0.15) is 0 Å². The fourth-order valence-corrected chi connectivity index (χ4v) is 6.62. The Morgan fingerprint density at radius 1 is 0.574 bits per heavy atom. The predicted molar refractivity (Wildman–Crippen MR) is 193 cm³/mol. The van der Waals surface area contributed by atoms with E-state index in [1.807, 2.05) is 54.9 Å². The molecular formula is C44H38IrN2-2. The van der Waals surface area contributed by atoms with E-state index >= 15 is 0 Å². The fourth-order valence-electron chi connectivity index (χ4n) is 6.62. The van der Waals surface area contributed by atoms with Crippen LogP contribution >= 0.6 is 0 Å². The monoisotopic (exact) mass is 787 g/mol. The summed E-state index contributed by atoms with van der Waals surface area (Å²) < 4.78 is 0. The topological polar surface area (TPSA) is 25.8 Å². The second-order valence-corrected chi connectivity index (χ2v) is 13.6. The van der Waals surface area contributed by atoms with E-state index in [-0.39, 0.29) is 30.9 Å². The number of rotatable bonds is 3. The Balaban J connectivity index is 0.000000192. The van der Waals surface area contributed by atoms with Crippen LogP contribution in [0.5, 0.6) is 0 Å². The van der Waals surface area contributed by atoms with Crippen LogP contribution < -0.4 is 0 Å². The van der Waals surface area contributed by atoms with Gasteiger partial charge >= 0.3 is 0 Å². The van der Waals surface area contributed by atoms with Gasteiger partial charge in [0.15, 0.2) is 0 Å². The van der Waals surface area contributed by atoms with Crippen molar-refractivity contribution >= 4 is 21.5 Å². The Morgan fingerprint density at radius 2 is 1.28 bits per heavy atom. The maximum atomic E-state index is 4.78. The molecule has 47 heavy (non-hydrogen) atoms. The molecule has 0 saturated heterocycles. The summed E-state index contributed by atoms with van der Waals surface area (Å²) >= 11 is 0. The van der Waals surface area contributed by atoms with Crippen LogP contribution in [0.25, 0.3) is 55.2 Å². The first-order valence-corrected chi connectivity index (χ1v) is 16.1. The molecule has 2 nitrogen and oxygen atoms in total. The number of pyridine rings is 2. The van der Waals surface area contributed by atoms with Gasteiger partial charge < -0.3 is 9.97 Å². The molecule has 2 heterocycles. The first-order valence-electron chi connectivity index (χ1n) is 16.1. The minimum absolute atomic E-state index is 0. The molecule has 8 rings (SSSR count). The molecule has 0 unspecified atom stereocenters. The molecule has 0 bridgehead atoms. The maximum absolute atomic E-state index is 4.78. The Labute approximate surface area is 292 Å². The van der Waals surface area contributed by atoms with Crippen molar-refractivity contribution in [3.05, 3.63) is 157 Å². The largest absolute Gasteiger partial charge is 0.304 e. The van der Waals surface area contributed by atoms with Crippen molar-refractivity contribution in [2.75, 3.05) is 0 Å². The Bertz CT molecular complexity index is 2130. The van der Waals surface area contributed by atoms with Gasteiger partial charge in [-0.3, -0.25) is 0 Å². The van der Waals surface area contributed by atoms with Crippen LogP contribution in [0.1, 0.15) is 51.7 Å². The third-order valence-corrected chi connectivity index (χ3v) is 9.53. The Morgan fingerprint density at radius 3 is 1.98 bits per heavy atom. The van der Waals surface area contributed by atoms with Gasteiger partial charge in [-0.1, -0.05) is 112 Å². The molecule has 2 aromatic heterocycles. The number of nitrogens with zero attached hydrogens (tertiary/aromatic N) is 2. The summed E-state index contributed by atoms with van der Waals surface area (Å²) in [6, 6.07) is 48.8. The van der Waals surface area contributed by atoms with Crippen LogP contribution in [0.15, 0.2) is 134 Å². The van der Waals surface area contributed by atoms with Crippen LogP contribution in [0.4, 0.5) is 0 Å². The number of hydrogen-bond acceptors (Lipinski definition) is 2. The quantitative estimate of drug-likeness (QED) is 0.167. The number of aromatic nitrogens is 2. The molecule has 0 N–H and O–H groups in total. The van der Waals surface area contributed by atoms with E-state index in [0.29, 0.717) is 0 Å². The third kappa shape index (κ3) is 6.70. The summed E-state index contributed by atoms with van der Waals surface area (Å²) in [5.41, 5.74) is 9.84. The van der Waals surface area contributed by atoms with Gasteiger partial charge in [0.25, 0.3) is 0 Å². The van der Waals surface area contributed by atoms with E-state index in [1.54, 1.807) is 0 Å². The minimum Gasteiger partial charge on any atom is -0.304 e. The van der Waals surface area contributed by atoms with Crippen LogP contribution in [-0.4, -0.2) is 9.97 Å². The molecule has 1 radical (unpaired) electrons. The minimum atomic E-state index is 0. The molecule has 1 aliphatic rings. The summed E-state index contributed by atoms with van der Waals surface area (Å²) in [6.45, 7) is 9.52. The second-order valence-electron chi connectivity index (χ2n) is 13.6. The van der Waals surface area contributed by atoms with Crippen LogP contribution in [0.2, 0.25) is 0 Å². The van der Waals surface area contributed by atoms with E-state index in [4.69, 9.17) is 4.98 Å². The van der Waals surface area contributed by atoms with Crippen LogP contribution in [0.3, 0.4) is 0 Å². The Hall–Kier alpha value is -4.43. The SMILES string of the molecule is CC1(C)CCC(C)(C)c2cc3c(-c4[c-]cc(-c5ccccc5)cc4)nccc3cc21.[Ir].[c-]1ccccc1-c1cc2ccccc2cn1. The average molecular weight is 787 g/mol. The average Bonchev–Trinajstić information content (AvgIpc) is 3.10. The molecule has 0 atom stereocenters. The molecule has 7 aromatic rings. The summed E-state index contributed by atoms with van der Waals surface area (Å²) in [4.78, 5) is 9.23. The van der Waals surface area contributed by atoms with Gasteiger partial charge in [-0.05, 0) is 73.8 Å².